The Morgan fingerprint density at radius 1 is 1.30 bits per heavy atom. The molecular formula is C20H34N4O2S. The Morgan fingerprint density at radius 3 is 2.74 bits per heavy atom. The van der Waals surface area contributed by atoms with Crippen LogP contribution in [0.15, 0.2) is 22.5 Å². The van der Waals surface area contributed by atoms with Crippen LogP contribution in [0.2, 0.25) is 0 Å². The smallest absolute Gasteiger partial charge is 0.305 e. The first-order valence-electron chi connectivity index (χ1n) is 10.1. The molecule has 1 fully saturated rings. The number of carbonyl (C=O) groups excluding carboxylic acids is 1. The molecule has 0 atom stereocenters. The molecule has 1 saturated heterocycles. The molecule has 0 unspecified atom stereocenters. The molecule has 27 heavy (non-hydrogen) atoms. The van der Waals surface area contributed by atoms with Crippen LogP contribution in [0.3, 0.4) is 0 Å². The maximum Gasteiger partial charge on any atom is 0.305 e. The fraction of sp³-hybridized carbons (Fsp3) is 0.700. The number of unbranched alkanes of at least 4 members (excludes halogenated alkanes) is 3. The zero-order chi connectivity index (χ0) is 19.3. The van der Waals surface area contributed by atoms with Crippen molar-refractivity contribution >= 4 is 28.3 Å². The molecule has 7 heteroatoms. The summed E-state index contributed by atoms with van der Waals surface area (Å²) in [7, 11) is 1.83. The van der Waals surface area contributed by atoms with Crippen molar-refractivity contribution in [2.45, 2.75) is 57.9 Å². The molecule has 1 aliphatic heterocycles. The Balaban J connectivity index is 1.53. The largest absolute Gasteiger partial charge is 0.466 e. The monoisotopic (exact) mass is 394 g/mol. The summed E-state index contributed by atoms with van der Waals surface area (Å²) in [6.45, 7) is 5.41. The van der Waals surface area contributed by atoms with Gasteiger partial charge in [-0.3, -0.25) is 9.79 Å². The van der Waals surface area contributed by atoms with E-state index in [0.29, 0.717) is 19.1 Å². The number of guanidine groups is 1. The van der Waals surface area contributed by atoms with E-state index in [4.69, 9.17) is 4.74 Å². The number of rotatable bonds is 10. The topological polar surface area (TPSA) is 66.0 Å². The molecule has 1 aromatic rings. The van der Waals surface area contributed by atoms with E-state index in [1.165, 1.54) is 5.00 Å². The molecule has 0 amide bonds. The normalized spacial score (nSPS) is 15.6. The molecule has 0 radical (unpaired) electrons. The summed E-state index contributed by atoms with van der Waals surface area (Å²) < 4.78 is 4.94. The Morgan fingerprint density at radius 2 is 2.07 bits per heavy atom. The summed E-state index contributed by atoms with van der Waals surface area (Å²) in [6, 6.07) is 4.80. The van der Waals surface area contributed by atoms with Crippen LogP contribution in [0.5, 0.6) is 0 Å². The second-order valence-corrected chi connectivity index (χ2v) is 7.75. The van der Waals surface area contributed by atoms with E-state index >= 15 is 0 Å². The second kappa shape index (κ2) is 12.6. The average molecular weight is 395 g/mol. The summed E-state index contributed by atoms with van der Waals surface area (Å²) in [5, 5.41) is 10.5. The highest BCUT2D eigenvalue weighted by atomic mass is 32.1. The molecule has 6 nitrogen and oxygen atoms in total. The summed E-state index contributed by atoms with van der Waals surface area (Å²) in [5.41, 5.74) is 0. The van der Waals surface area contributed by atoms with Crippen molar-refractivity contribution in [1.29, 1.82) is 0 Å². The zero-order valence-electron chi connectivity index (χ0n) is 16.7. The van der Waals surface area contributed by atoms with E-state index in [0.717, 1.165) is 64.1 Å². The minimum atomic E-state index is -0.0784. The van der Waals surface area contributed by atoms with E-state index in [9.17, 15) is 4.79 Å². The number of hydrogen-bond acceptors (Lipinski definition) is 5. The van der Waals surface area contributed by atoms with Crippen molar-refractivity contribution in [2.75, 3.05) is 38.2 Å². The van der Waals surface area contributed by atoms with Crippen LogP contribution in [0.25, 0.3) is 0 Å². The van der Waals surface area contributed by atoms with Crippen molar-refractivity contribution in [3.8, 4) is 0 Å². The first kappa shape index (κ1) is 21.5. The second-order valence-electron chi connectivity index (χ2n) is 6.83. The number of piperidine rings is 1. The number of thiophene rings is 1. The Kier molecular flexibility index (Phi) is 10.0. The highest BCUT2D eigenvalue weighted by Gasteiger charge is 2.20. The van der Waals surface area contributed by atoms with Gasteiger partial charge in [0.05, 0.1) is 11.6 Å². The number of anilines is 1. The maximum atomic E-state index is 11.3. The summed E-state index contributed by atoms with van der Waals surface area (Å²) in [5.74, 6) is 0.821. The zero-order valence-corrected chi connectivity index (χ0v) is 17.5. The van der Waals surface area contributed by atoms with E-state index in [1.807, 2.05) is 25.3 Å². The van der Waals surface area contributed by atoms with Gasteiger partial charge in [-0.2, -0.15) is 0 Å². The van der Waals surface area contributed by atoms with E-state index in [-0.39, 0.29) is 5.97 Å². The van der Waals surface area contributed by atoms with E-state index < -0.39 is 0 Å². The summed E-state index contributed by atoms with van der Waals surface area (Å²) in [4.78, 5) is 18.1. The van der Waals surface area contributed by atoms with Crippen molar-refractivity contribution < 1.29 is 9.53 Å². The number of hydrogen-bond donors (Lipinski definition) is 2. The van der Waals surface area contributed by atoms with Crippen LogP contribution >= 0.6 is 11.3 Å². The van der Waals surface area contributed by atoms with Crippen molar-refractivity contribution in [1.82, 2.24) is 10.6 Å². The lowest BCUT2D eigenvalue weighted by atomic mass is 10.1. The van der Waals surface area contributed by atoms with Gasteiger partial charge in [-0.05, 0) is 50.1 Å². The highest BCUT2D eigenvalue weighted by Crippen LogP contribution is 2.24. The van der Waals surface area contributed by atoms with Crippen molar-refractivity contribution in [2.24, 2.45) is 4.99 Å². The van der Waals surface area contributed by atoms with Crippen LogP contribution in [0, 0.1) is 0 Å². The molecule has 2 rings (SSSR count). The van der Waals surface area contributed by atoms with Gasteiger partial charge in [-0.25, -0.2) is 0 Å². The molecule has 0 spiro atoms. The van der Waals surface area contributed by atoms with Crippen molar-refractivity contribution in [3.63, 3.8) is 0 Å². The first-order valence-corrected chi connectivity index (χ1v) is 11.0. The fourth-order valence-electron chi connectivity index (χ4n) is 3.27. The average Bonchev–Trinajstić information content (AvgIpc) is 3.22. The van der Waals surface area contributed by atoms with Crippen LogP contribution < -0.4 is 15.5 Å². The third kappa shape index (κ3) is 8.20. The van der Waals surface area contributed by atoms with E-state index in [1.54, 1.807) is 0 Å². The highest BCUT2D eigenvalue weighted by molar-refractivity contribution is 7.14. The lowest BCUT2D eigenvalue weighted by molar-refractivity contribution is -0.143. The maximum absolute atomic E-state index is 11.3. The summed E-state index contributed by atoms with van der Waals surface area (Å²) in [6.07, 6.45) is 6.97. The molecular weight excluding hydrogens is 360 g/mol. The Bertz CT molecular complexity index is 554. The van der Waals surface area contributed by atoms with Gasteiger partial charge < -0.3 is 20.3 Å². The number of nitrogens with one attached hydrogen (secondary N) is 2. The minimum Gasteiger partial charge on any atom is -0.466 e. The fourth-order valence-corrected chi connectivity index (χ4v) is 4.06. The molecule has 0 aromatic carbocycles. The van der Waals surface area contributed by atoms with Gasteiger partial charge in [0.15, 0.2) is 5.96 Å². The lowest BCUT2D eigenvalue weighted by Gasteiger charge is -2.33. The van der Waals surface area contributed by atoms with Gasteiger partial charge in [0.1, 0.15) is 0 Å². The van der Waals surface area contributed by atoms with Crippen LogP contribution in [0.4, 0.5) is 5.00 Å². The van der Waals surface area contributed by atoms with Crippen LogP contribution in [0.1, 0.15) is 51.9 Å². The van der Waals surface area contributed by atoms with Crippen LogP contribution in [-0.2, 0) is 9.53 Å². The molecule has 2 heterocycles. The van der Waals surface area contributed by atoms with E-state index in [2.05, 4.69) is 38.0 Å². The standard InChI is InChI=1S/C20H34N4O2S/c1-3-26-19(25)10-6-4-5-7-13-22-20(21-2)23-17-11-14-24(15-12-17)18-9-8-16-27-18/h8-9,16-17H,3-7,10-15H2,1-2H3,(H2,21,22,23). The van der Waals surface area contributed by atoms with Gasteiger partial charge in [-0.15, -0.1) is 11.3 Å². The lowest BCUT2D eigenvalue weighted by Crippen LogP contribution is -2.48. The summed E-state index contributed by atoms with van der Waals surface area (Å²) >= 11 is 1.82. The molecule has 0 bridgehead atoms. The molecule has 1 aromatic heterocycles. The molecule has 0 aliphatic carbocycles. The molecule has 1 aliphatic rings. The van der Waals surface area contributed by atoms with Gasteiger partial charge in [0, 0.05) is 39.1 Å². The third-order valence-electron chi connectivity index (χ3n) is 4.78. The first-order chi connectivity index (χ1) is 13.2. The molecule has 0 saturated carbocycles. The quantitative estimate of drug-likeness (QED) is 0.276. The number of aliphatic imine (C=N–C) groups is 1. The van der Waals surface area contributed by atoms with Crippen LogP contribution in [-0.4, -0.2) is 51.3 Å². The molecule has 2 N–H and O–H groups in total. The van der Waals surface area contributed by atoms with Gasteiger partial charge in [0.2, 0.25) is 0 Å². The predicted molar refractivity (Wildman–Crippen MR) is 114 cm³/mol. The van der Waals surface area contributed by atoms with Crippen molar-refractivity contribution in [3.05, 3.63) is 17.5 Å². The number of ether oxygens (including phenoxy) is 1. The van der Waals surface area contributed by atoms with Gasteiger partial charge >= 0.3 is 5.97 Å². The minimum absolute atomic E-state index is 0.0784. The van der Waals surface area contributed by atoms with Gasteiger partial charge in [0.25, 0.3) is 0 Å². The number of carbonyl (C=O) groups is 1. The molecule has 152 valence electrons. The Hall–Kier alpha value is -1.76. The predicted octanol–water partition coefficient (Wildman–Crippen LogP) is 3.40. The number of nitrogens with zero attached hydrogens (tertiary/aromatic N) is 2. The SMILES string of the molecule is CCOC(=O)CCCCCCNC(=NC)NC1CCN(c2cccs2)CC1. The number of esters is 1. The third-order valence-corrected chi connectivity index (χ3v) is 5.71. The van der Waals surface area contributed by atoms with Gasteiger partial charge in [-0.1, -0.05) is 12.8 Å². The Labute approximate surface area is 167 Å².